The van der Waals surface area contributed by atoms with Crippen LogP contribution in [-0.2, 0) is 0 Å². The number of nitrogens with zero attached hydrogens (tertiary/aromatic N) is 3. The maximum absolute atomic E-state index is 4.87. The van der Waals surface area contributed by atoms with Gasteiger partial charge in [0, 0.05) is 34.0 Å². The van der Waals surface area contributed by atoms with E-state index in [1.165, 1.54) is 54.0 Å². The quantitative estimate of drug-likeness (QED) is 0.125. The number of pyridine rings is 1. The van der Waals surface area contributed by atoms with E-state index in [1.807, 2.05) is 12.3 Å². The second kappa shape index (κ2) is 11.9. The van der Waals surface area contributed by atoms with Crippen LogP contribution in [0.1, 0.15) is 0 Å². The minimum Gasteiger partial charge on any atom is -0.310 e. The van der Waals surface area contributed by atoms with Crippen LogP contribution >= 0.6 is 0 Å². The number of fused-ring (bicyclic) bond motifs is 1. The molecule has 240 valence electrons. The Bertz CT molecular complexity index is 2630. The zero-order chi connectivity index (χ0) is 33.8. The summed E-state index contributed by atoms with van der Waals surface area (Å²) in [5.41, 5.74) is 5.65. The van der Waals surface area contributed by atoms with E-state index in [0.29, 0.717) is 0 Å². The Balaban J connectivity index is 1.29. The molecule has 0 saturated carbocycles. The smallest absolute Gasteiger partial charge is 0.137 e. The molecule has 9 rings (SSSR count). The summed E-state index contributed by atoms with van der Waals surface area (Å²) < 4.78 is 0. The highest BCUT2D eigenvalue weighted by Crippen LogP contribution is 2.47. The van der Waals surface area contributed by atoms with E-state index in [4.69, 9.17) is 4.98 Å². The largest absolute Gasteiger partial charge is 0.310 e. The van der Waals surface area contributed by atoms with Crippen LogP contribution < -0.4 is 15.0 Å². The van der Waals surface area contributed by atoms with Gasteiger partial charge in [0.05, 0.1) is 19.4 Å². The predicted molar refractivity (Wildman–Crippen MR) is 218 cm³/mol. The van der Waals surface area contributed by atoms with Gasteiger partial charge in [-0.25, -0.2) is 4.98 Å². The number of hydrogen-bond donors (Lipinski definition) is 0. The predicted octanol–water partition coefficient (Wildman–Crippen LogP) is 12.6. The fourth-order valence-electron chi connectivity index (χ4n) is 7.47. The molecule has 1 aromatic heterocycles. The van der Waals surface area contributed by atoms with Crippen LogP contribution in [0, 0.1) is 0 Å². The van der Waals surface area contributed by atoms with Gasteiger partial charge in [-0.15, -0.1) is 0 Å². The number of aromatic nitrogens is 1. The van der Waals surface area contributed by atoms with Gasteiger partial charge in [-0.2, -0.15) is 0 Å². The summed E-state index contributed by atoms with van der Waals surface area (Å²) in [5.74, 6) is 0.885. The van der Waals surface area contributed by atoms with Gasteiger partial charge in [-0.05, 0) is 93.0 Å². The first kappa shape index (κ1) is 30.1. The van der Waals surface area contributed by atoms with Crippen LogP contribution in [0.25, 0.3) is 43.1 Å². The van der Waals surface area contributed by atoms with Crippen molar-refractivity contribution >= 4 is 90.6 Å². The number of para-hydroxylation sites is 1. The molecule has 50 heavy (non-hydrogen) atoms. The highest BCUT2D eigenvalue weighted by Gasteiger charge is 2.23. The maximum Gasteiger partial charge on any atom is 0.137 e. The average Bonchev–Trinajstić information content (AvgIpc) is 3.15. The second-order valence-electron chi connectivity index (χ2n) is 14.1. The maximum atomic E-state index is 4.87. The zero-order valence-electron chi connectivity index (χ0n) is 28.5. The van der Waals surface area contributed by atoms with E-state index in [1.54, 1.807) is 0 Å². The number of hydrogen-bond acceptors (Lipinski definition) is 3. The fraction of sp³-hybridized carbons (Fsp3) is 0.0652. The molecule has 1 heterocycles. The summed E-state index contributed by atoms with van der Waals surface area (Å²) in [5, 5.41) is 11.3. The van der Waals surface area contributed by atoms with Crippen molar-refractivity contribution in [2.45, 2.75) is 19.6 Å². The van der Waals surface area contributed by atoms with Gasteiger partial charge >= 0.3 is 0 Å². The van der Waals surface area contributed by atoms with Crippen LogP contribution in [-0.4, -0.2) is 13.1 Å². The summed E-state index contributed by atoms with van der Waals surface area (Å²) in [6.07, 6.45) is 1.87. The third kappa shape index (κ3) is 5.08. The van der Waals surface area contributed by atoms with Crippen molar-refractivity contribution in [2.75, 3.05) is 9.80 Å². The minimum atomic E-state index is -1.44. The lowest BCUT2D eigenvalue weighted by atomic mass is 9.91. The third-order valence-electron chi connectivity index (χ3n) is 9.98. The summed E-state index contributed by atoms with van der Waals surface area (Å²) in [7, 11) is -1.44. The van der Waals surface area contributed by atoms with Gasteiger partial charge < -0.3 is 4.90 Å². The number of rotatable bonds is 7. The van der Waals surface area contributed by atoms with Gasteiger partial charge in [0.15, 0.2) is 0 Å². The lowest BCUT2D eigenvalue weighted by molar-refractivity contribution is 1.19. The van der Waals surface area contributed by atoms with Crippen molar-refractivity contribution in [1.82, 2.24) is 4.98 Å². The molecule has 0 bridgehead atoms. The Morgan fingerprint density at radius 3 is 1.60 bits per heavy atom. The number of anilines is 6. The molecule has 0 unspecified atom stereocenters. The van der Waals surface area contributed by atoms with Crippen molar-refractivity contribution in [3.8, 4) is 0 Å². The number of benzene rings is 8. The Morgan fingerprint density at radius 2 is 0.960 bits per heavy atom. The molecule has 0 N–H and O–H groups in total. The molecular formula is C46H37N3Si. The van der Waals surface area contributed by atoms with E-state index < -0.39 is 8.07 Å². The monoisotopic (exact) mass is 659 g/mol. The van der Waals surface area contributed by atoms with Crippen molar-refractivity contribution in [2.24, 2.45) is 0 Å². The van der Waals surface area contributed by atoms with Crippen LogP contribution in [0.3, 0.4) is 0 Å². The van der Waals surface area contributed by atoms with E-state index in [9.17, 15) is 0 Å². The highest BCUT2D eigenvalue weighted by atomic mass is 28.3. The molecule has 0 radical (unpaired) electrons. The standard InChI is InChI=1S/C46H37N3Si/c1-50(2,3)39-24-22-37(23-25-39)48(36-13-5-4-6-14-36)42-28-19-33-18-27-41-43(29-20-34-17-26-40(42)45(33)46(34)41)49(44-15-9-10-30-47-44)38-21-16-32-11-7-8-12-35(32)31-38/h4-31H,1-3H3. The normalized spacial score (nSPS) is 11.9. The Hall–Kier alpha value is -5.97. The Kier molecular flexibility index (Phi) is 7.15. The molecule has 0 fully saturated rings. The molecule has 3 nitrogen and oxygen atoms in total. The second-order valence-corrected chi connectivity index (χ2v) is 19.2. The van der Waals surface area contributed by atoms with Gasteiger partial charge in [0.1, 0.15) is 5.82 Å². The fourth-order valence-corrected chi connectivity index (χ4v) is 8.64. The molecule has 4 heteroatoms. The van der Waals surface area contributed by atoms with E-state index in [2.05, 4.69) is 187 Å². The average molecular weight is 660 g/mol. The van der Waals surface area contributed by atoms with Gasteiger partial charge in [0.25, 0.3) is 0 Å². The van der Waals surface area contributed by atoms with Crippen LogP contribution in [0.2, 0.25) is 19.6 Å². The van der Waals surface area contributed by atoms with E-state index >= 15 is 0 Å². The molecule has 8 aromatic carbocycles. The Labute approximate surface area is 294 Å². The van der Waals surface area contributed by atoms with Crippen molar-refractivity contribution < 1.29 is 0 Å². The first-order valence-corrected chi connectivity index (χ1v) is 20.8. The zero-order valence-corrected chi connectivity index (χ0v) is 29.5. The van der Waals surface area contributed by atoms with Crippen molar-refractivity contribution in [1.29, 1.82) is 0 Å². The van der Waals surface area contributed by atoms with Gasteiger partial charge in [-0.3, -0.25) is 4.90 Å². The Morgan fingerprint density at radius 1 is 0.420 bits per heavy atom. The summed E-state index contributed by atoms with van der Waals surface area (Å²) in [6.45, 7) is 7.21. The molecule has 9 aromatic rings. The third-order valence-corrected chi connectivity index (χ3v) is 12.0. The lowest BCUT2D eigenvalue weighted by Gasteiger charge is -2.29. The molecule has 0 atom stereocenters. The molecule has 0 aliphatic heterocycles. The molecular weight excluding hydrogens is 623 g/mol. The van der Waals surface area contributed by atoms with Crippen molar-refractivity contribution in [3.05, 3.63) is 170 Å². The van der Waals surface area contributed by atoms with Crippen LogP contribution in [0.15, 0.2) is 170 Å². The van der Waals surface area contributed by atoms with Gasteiger partial charge in [0.2, 0.25) is 0 Å². The molecule has 0 aliphatic rings. The minimum absolute atomic E-state index is 0.885. The summed E-state index contributed by atoms with van der Waals surface area (Å²) >= 11 is 0. The first-order chi connectivity index (χ1) is 24.4. The molecule has 0 spiro atoms. The topological polar surface area (TPSA) is 19.4 Å². The highest BCUT2D eigenvalue weighted by molar-refractivity contribution is 6.88. The van der Waals surface area contributed by atoms with Gasteiger partial charge in [-0.1, -0.05) is 128 Å². The van der Waals surface area contributed by atoms with E-state index in [-0.39, 0.29) is 0 Å². The van der Waals surface area contributed by atoms with E-state index in [0.717, 1.165) is 28.6 Å². The lowest BCUT2D eigenvalue weighted by Crippen LogP contribution is -2.37. The summed E-state index contributed by atoms with van der Waals surface area (Å²) in [6, 6.07) is 59.6. The molecule has 0 aliphatic carbocycles. The molecule has 0 saturated heterocycles. The van der Waals surface area contributed by atoms with Crippen molar-refractivity contribution in [3.63, 3.8) is 0 Å². The SMILES string of the molecule is C[Si](C)(C)c1ccc(N(c2ccccc2)c2ccc3ccc4c(N(c5ccc6ccccc6c5)c5ccccn5)ccc5ccc2c3c54)cc1. The summed E-state index contributed by atoms with van der Waals surface area (Å²) in [4.78, 5) is 9.58. The van der Waals surface area contributed by atoms with Crippen LogP contribution in [0.5, 0.6) is 0 Å². The molecule has 0 amide bonds. The first-order valence-electron chi connectivity index (χ1n) is 17.3. The van der Waals surface area contributed by atoms with Crippen LogP contribution in [0.4, 0.5) is 34.3 Å².